The quantitative estimate of drug-likeness (QED) is 0.772. The van der Waals surface area contributed by atoms with Gasteiger partial charge in [0.25, 0.3) is 0 Å². The summed E-state index contributed by atoms with van der Waals surface area (Å²) in [6.07, 6.45) is 2.11. The molecule has 1 amide bonds. The van der Waals surface area contributed by atoms with Crippen molar-refractivity contribution in [1.82, 2.24) is 5.16 Å². The van der Waals surface area contributed by atoms with Crippen LogP contribution in [0, 0.1) is 6.92 Å². The fraction of sp³-hybridized carbons (Fsp3) is 0.600. The molecule has 0 aliphatic heterocycles. The van der Waals surface area contributed by atoms with Crippen LogP contribution in [-0.2, 0) is 4.79 Å². The highest BCUT2D eigenvalue weighted by Crippen LogP contribution is 2.08. The summed E-state index contributed by atoms with van der Waals surface area (Å²) in [5.41, 5.74) is 5.58. The molecule has 1 aromatic rings. The molecule has 0 aliphatic carbocycles. The van der Waals surface area contributed by atoms with E-state index in [0.717, 1.165) is 12.8 Å². The maximum atomic E-state index is 11.4. The van der Waals surface area contributed by atoms with Gasteiger partial charge in [0.2, 0.25) is 5.91 Å². The van der Waals surface area contributed by atoms with Gasteiger partial charge in [0.05, 0.1) is 0 Å². The van der Waals surface area contributed by atoms with Crippen LogP contribution in [0.1, 0.15) is 31.9 Å². The third kappa shape index (κ3) is 4.60. The molecule has 0 radical (unpaired) electrons. The maximum Gasteiger partial charge on any atom is 0.225 e. The largest absolute Gasteiger partial charge is 0.360 e. The summed E-state index contributed by atoms with van der Waals surface area (Å²) < 4.78 is 4.82. The molecular weight excluding hydrogens is 194 g/mol. The number of aromatic nitrogens is 1. The fourth-order valence-corrected chi connectivity index (χ4v) is 1.22. The summed E-state index contributed by atoms with van der Waals surface area (Å²) in [5, 5.41) is 6.32. The number of nitrogens with two attached hydrogens (primary N) is 1. The van der Waals surface area contributed by atoms with Gasteiger partial charge in [-0.2, -0.15) is 0 Å². The van der Waals surface area contributed by atoms with E-state index < -0.39 is 0 Å². The first-order valence-corrected chi connectivity index (χ1v) is 5.06. The molecule has 0 saturated carbocycles. The summed E-state index contributed by atoms with van der Waals surface area (Å²) in [4.78, 5) is 11.4. The first-order chi connectivity index (χ1) is 7.08. The lowest BCUT2D eigenvalue weighted by molar-refractivity contribution is -0.116. The molecule has 1 unspecified atom stereocenters. The number of aryl methyl sites for hydroxylation is 1. The Morgan fingerprint density at radius 2 is 2.47 bits per heavy atom. The van der Waals surface area contributed by atoms with Crippen LogP contribution in [0.25, 0.3) is 0 Å². The Kier molecular flexibility index (Phi) is 4.30. The van der Waals surface area contributed by atoms with Crippen molar-refractivity contribution in [2.75, 3.05) is 5.32 Å². The van der Waals surface area contributed by atoms with Gasteiger partial charge in [-0.05, 0) is 26.7 Å². The molecule has 1 aromatic heterocycles. The number of nitrogens with zero attached hydrogens (tertiary/aromatic N) is 1. The predicted octanol–water partition coefficient (Wildman–Crippen LogP) is 1.44. The Balaban J connectivity index is 2.24. The summed E-state index contributed by atoms with van der Waals surface area (Å²) in [6.45, 7) is 3.71. The molecule has 5 nitrogen and oxygen atoms in total. The van der Waals surface area contributed by atoms with Crippen LogP contribution in [0.5, 0.6) is 0 Å². The molecule has 0 aromatic carbocycles. The SMILES string of the molecule is Cc1cc(NC(=O)CCCC(C)N)no1. The van der Waals surface area contributed by atoms with E-state index in [1.54, 1.807) is 13.0 Å². The van der Waals surface area contributed by atoms with Gasteiger partial charge in [-0.25, -0.2) is 0 Å². The highest BCUT2D eigenvalue weighted by Gasteiger charge is 2.06. The zero-order valence-electron chi connectivity index (χ0n) is 9.12. The van der Waals surface area contributed by atoms with Crippen LogP contribution in [0.4, 0.5) is 5.82 Å². The second-order valence-corrected chi connectivity index (χ2v) is 3.74. The van der Waals surface area contributed by atoms with Crippen molar-refractivity contribution in [3.8, 4) is 0 Å². The molecule has 0 fully saturated rings. The highest BCUT2D eigenvalue weighted by molar-refractivity contribution is 5.89. The van der Waals surface area contributed by atoms with E-state index in [9.17, 15) is 4.79 Å². The van der Waals surface area contributed by atoms with Crippen molar-refractivity contribution in [3.05, 3.63) is 11.8 Å². The minimum atomic E-state index is -0.0519. The minimum absolute atomic E-state index is 0.0519. The van der Waals surface area contributed by atoms with Gasteiger partial charge in [-0.1, -0.05) is 5.16 Å². The van der Waals surface area contributed by atoms with E-state index in [4.69, 9.17) is 10.3 Å². The molecule has 0 aliphatic rings. The molecule has 0 spiro atoms. The lowest BCUT2D eigenvalue weighted by Crippen LogP contribution is -2.16. The summed E-state index contributed by atoms with van der Waals surface area (Å²) in [6, 6.07) is 1.83. The highest BCUT2D eigenvalue weighted by atomic mass is 16.5. The fourth-order valence-electron chi connectivity index (χ4n) is 1.22. The number of carbonyl (C=O) groups excluding carboxylic acids is 1. The number of rotatable bonds is 5. The predicted molar refractivity (Wildman–Crippen MR) is 57.4 cm³/mol. The minimum Gasteiger partial charge on any atom is -0.360 e. The molecule has 15 heavy (non-hydrogen) atoms. The van der Waals surface area contributed by atoms with Crippen LogP contribution >= 0.6 is 0 Å². The van der Waals surface area contributed by atoms with E-state index >= 15 is 0 Å². The topological polar surface area (TPSA) is 81.2 Å². The average Bonchev–Trinajstić information content (AvgIpc) is 2.50. The van der Waals surface area contributed by atoms with Gasteiger partial charge in [0.1, 0.15) is 5.76 Å². The van der Waals surface area contributed by atoms with Crippen LogP contribution < -0.4 is 11.1 Å². The molecule has 3 N–H and O–H groups in total. The third-order valence-electron chi connectivity index (χ3n) is 1.96. The number of amides is 1. The summed E-state index contributed by atoms with van der Waals surface area (Å²) in [7, 11) is 0. The molecule has 0 saturated heterocycles. The van der Waals surface area contributed by atoms with Gasteiger partial charge in [0.15, 0.2) is 5.82 Å². The second-order valence-electron chi connectivity index (χ2n) is 3.74. The first kappa shape index (κ1) is 11.7. The molecule has 84 valence electrons. The standard InChI is InChI=1S/C10H17N3O2/c1-7(11)4-3-5-10(14)12-9-6-8(2)15-13-9/h6-7H,3-5,11H2,1-2H3,(H,12,13,14). The number of nitrogens with one attached hydrogen (secondary N) is 1. The van der Waals surface area contributed by atoms with Gasteiger partial charge < -0.3 is 15.6 Å². The van der Waals surface area contributed by atoms with E-state index in [1.807, 2.05) is 6.92 Å². The Labute approximate surface area is 89.0 Å². The van der Waals surface area contributed by atoms with Crippen molar-refractivity contribution in [2.24, 2.45) is 5.73 Å². The molecular formula is C10H17N3O2. The molecule has 5 heteroatoms. The Morgan fingerprint density at radius 1 is 1.73 bits per heavy atom. The van der Waals surface area contributed by atoms with E-state index in [2.05, 4.69) is 10.5 Å². The Morgan fingerprint density at radius 3 is 3.00 bits per heavy atom. The van der Waals surface area contributed by atoms with Gasteiger partial charge >= 0.3 is 0 Å². The van der Waals surface area contributed by atoms with Crippen LogP contribution in [-0.4, -0.2) is 17.1 Å². The number of hydrogen-bond donors (Lipinski definition) is 2. The maximum absolute atomic E-state index is 11.4. The summed E-state index contributed by atoms with van der Waals surface area (Å²) >= 11 is 0. The number of anilines is 1. The van der Waals surface area contributed by atoms with Crippen molar-refractivity contribution >= 4 is 11.7 Å². The van der Waals surface area contributed by atoms with E-state index in [0.29, 0.717) is 18.0 Å². The van der Waals surface area contributed by atoms with Crippen LogP contribution in [0.15, 0.2) is 10.6 Å². The Hall–Kier alpha value is -1.36. The molecule has 1 heterocycles. The average molecular weight is 211 g/mol. The zero-order valence-corrected chi connectivity index (χ0v) is 9.12. The molecule has 1 rings (SSSR count). The number of hydrogen-bond acceptors (Lipinski definition) is 4. The summed E-state index contributed by atoms with van der Waals surface area (Å²) in [5.74, 6) is 1.10. The molecule has 1 atom stereocenters. The van der Waals surface area contributed by atoms with Crippen molar-refractivity contribution < 1.29 is 9.32 Å². The van der Waals surface area contributed by atoms with Crippen LogP contribution in [0.3, 0.4) is 0 Å². The van der Waals surface area contributed by atoms with E-state index in [-0.39, 0.29) is 11.9 Å². The van der Waals surface area contributed by atoms with Crippen LogP contribution in [0.2, 0.25) is 0 Å². The van der Waals surface area contributed by atoms with Crippen molar-refractivity contribution in [3.63, 3.8) is 0 Å². The van der Waals surface area contributed by atoms with E-state index in [1.165, 1.54) is 0 Å². The van der Waals surface area contributed by atoms with Gasteiger partial charge in [-0.3, -0.25) is 4.79 Å². The third-order valence-corrected chi connectivity index (χ3v) is 1.96. The lowest BCUT2D eigenvalue weighted by atomic mass is 10.1. The number of carbonyl (C=O) groups is 1. The molecule has 0 bridgehead atoms. The lowest BCUT2D eigenvalue weighted by Gasteiger charge is -2.03. The van der Waals surface area contributed by atoms with Gasteiger partial charge in [-0.15, -0.1) is 0 Å². The smallest absolute Gasteiger partial charge is 0.225 e. The zero-order chi connectivity index (χ0) is 11.3. The van der Waals surface area contributed by atoms with Gasteiger partial charge in [0, 0.05) is 18.5 Å². The normalized spacial score (nSPS) is 12.5. The second kappa shape index (κ2) is 5.50. The first-order valence-electron chi connectivity index (χ1n) is 5.06. The van der Waals surface area contributed by atoms with Crippen molar-refractivity contribution in [1.29, 1.82) is 0 Å². The van der Waals surface area contributed by atoms with Crippen molar-refractivity contribution in [2.45, 2.75) is 39.2 Å². The monoisotopic (exact) mass is 211 g/mol. The Bertz CT molecular complexity index is 320.